The quantitative estimate of drug-likeness (QED) is 0.765. The molecule has 0 saturated carbocycles. The molecule has 0 bridgehead atoms. The summed E-state index contributed by atoms with van der Waals surface area (Å²) < 4.78 is 0. The molecule has 0 radical (unpaired) electrons. The highest BCUT2D eigenvalue weighted by molar-refractivity contribution is 6.01. The van der Waals surface area contributed by atoms with Crippen LogP contribution in [0, 0.1) is 0 Å². The van der Waals surface area contributed by atoms with Gasteiger partial charge in [-0.3, -0.25) is 14.4 Å². The largest absolute Gasteiger partial charge is 0.481 e. The van der Waals surface area contributed by atoms with E-state index in [0.717, 1.165) is 5.56 Å². The molecule has 0 spiro atoms. The first-order chi connectivity index (χ1) is 9.97. The van der Waals surface area contributed by atoms with Gasteiger partial charge in [0.25, 0.3) is 0 Å². The Kier molecular flexibility index (Phi) is 4.57. The molecule has 1 aliphatic heterocycles. The first-order valence-electron chi connectivity index (χ1n) is 6.88. The number of hydrogen-bond acceptors (Lipinski definition) is 3. The maximum Gasteiger partial charge on any atom is 0.303 e. The van der Waals surface area contributed by atoms with Gasteiger partial charge in [0, 0.05) is 24.6 Å². The van der Waals surface area contributed by atoms with Crippen LogP contribution in [0.1, 0.15) is 37.7 Å². The Bertz CT molecular complexity index is 571. The van der Waals surface area contributed by atoms with Gasteiger partial charge in [-0.1, -0.05) is 18.2 Å². The minimum absolute atomic E-state index is 0.00316. The molecule has 1 heterocycles. The minimum Gasteiger partial charge on any atom is -0.481 e. The van der Waals surface area contributed by atoms with E-state index in [0.29, 0.717) is 12.1 Å². The lowest BCUT2D eigenvalue weighted by Gasteiger charge is -2.26. The SMILES string of the molecule is CC(CCC(=O)O)NC(=O)C1CC(=O)Nc2ccccc21. The Hall–Kier alpha value is -2.37. The smallest absolute Gasteiger partial charge is 0.303 e. The Morgan fingerprint density at radius 1 is 1.43 bits per heavy atom. The van der Waals surface area contributed by atoms with Crippen molar-refractivity contribution in [3.63, 3.8) is 0 Å². The number of hydrogen-bond donors (Lipinski definition) is 3. The number of anilines is 1. The van der Waals surface area contributed by atoms with Crippen molar-refractivity contribution in [2.24, 2.45) is 0 Å². The van der Waals surface area contributed by atoms with Gasteiger partial charge in [0.2, 0.25) is 11.8 Å². The summed E-state index contributed by atoms with van der Waals surface area (Å²) in [6, 6.07) is 6.96. The average molecular weight is 290 g/mol. The van der Waals surface area contributed by atoms with Crippen molar-refractivity contribution >= 4 is 23.5 Å². The normalized spacial score (nSPS) is 18.3. The Morgan fingerprint density at radius 2 is 2.14 bits per heavy atom. The van der Waals surface area contributed by atoms with Crippen LogP contribution in [0.2, 0.25) is 0 Å². The lowest BCUT2D eigenvalue weighted by Crippen LogP contribution is -2.39. The number of nitrogens with one attached hydrogen (secondary N) is 2. The fraction of sp³-hybridized carbons (Fsp3) is 0.400. The van der Waals surface area contributed by atoms with Gasteiger partial charge in [-0.25, -0.2) is 0 Å². The van der Waals surface area contributed by atoms with Crippen LogP contribution in [-0.2, 0) is 14.4 Å². The molecule has 3 N–H and O–H groups in total. The highest BCUT2D eigenvalue weighted by Crippen LogP contribution is 2.32. The second kappa shape index (κ2) is 6.39. The number of amides is 2. The summed E-state index contributed by atoms with van der Waals surface area (Å²) in [7, 11) is 0. The minimum atomic E-state index is -0.890. The topological polar surface area (TPSA) is 95.5 Å². The van der Waals surface area contributed by atoms with E-state index in [2.05, 4.69) is 10.6 Å². The predicted octanol–water partition coefficient (Wildman–Crippen LogP) is 1.48. The lowest BCUT2D eigenvalue weighted by molar-refractivity contribution is -0.137. The second-order valence-electron chi connectivity index (χ2n) is 5.23. The van der Waals surface area contributed by atoms with E-state index in [4.69, 9.17) is 5.11 Å². The van der Waals surface area contributed by atoms with Crippen molar-refractivity contribution < 1.29 is 19.5 Å². The van der Waals surface area contributed by atoms with Crippen LogP contribution in [0.15, 0.2) is 24.3 Å². The van der Waals surface area contributed by atoms with Gasteiger partial charge < -0.3 is 15.7 Å². The van der Waals surface area contributed by atoms with Gasteiger partial charge in [-0.15, -0.1) is 0 Å². The number of carboxylic acid groups (broad SMARTS) is 1. The van der Waals surface area contributed by atoms with Gasteiger partial charge in [0.15, 0.2) is 0 Å². The zero-order chi connectivity index (χ0) is 15.4. The van der Waals surface area contributed by atoms with Crippen molar-refractivity contribution in [3.05, 3.63) is 29.8 Å². The van der Waals surface area contributed by atoms with Crippen LogP contribution in [0.3, 0.4) is 0 Å². The van der Waals surface area contributed by atoms with Crippen molar-refractivity contribution in [3.8, 4) is 0 Å². The van der Waals surface area contributed by atoms with Crippen molar-refractivity contribution in [1.29, 1.82) is 0 Å². The molecule has 2 amide bonds. The van der Waals surface area contributed by atoms with Crippen LogP contribution < -0.4 is 10.6 Å². The molecule has 0 aliphatic carbocycles. The Balaban J connectivity index is 2.05. The van der Waals surface area contributed by atoms with Crippen molar-refractivity contribution in [2.45, 2.75) is 38.1 Å². The maximum absolute atomic E-state index is 12.3. The second-order valence-corrected chi connectivity index (χ2v) is 5.23. The summed E-state index contributed by atoms with van der Waals surface area (Å²) >= 11 is 0. The molecule has 6 heteroatoms. The van der Waals surface area contributed by atoms with Gasteiger partial charge in [0.1, 0.15) is 0 Å². The van der Waals surface area contributed by atoms with E-state index >= 15 is 0 Å². The first kappa shape index (κ1) is 15.0. The third-order valence-corrected chi connectivity index (χ3v) is 3.50. The zero-order valence-electron chi connectivity index (χ0n) is 11.8. The van der Waals surface area contributed by atoms with Gasteiger partial charge >= 0.3 is 5.97 Å². The van der Waals surface area contributed by atoms with Crippen LogP contribution in [-0.4, -0.2) is 28.9 Å². The van der Waals surface area contributed by atoms with E-state index in [1.807, 2.05) is 12.1 Å². The van der Waals surface area contributed by atoms with Crippen LogP contribution in [0.4, 0.5) is 5.69 Å². The third-order valence-electron chi connectivity index (χ3n) is 3.50. The molecule has 2 rings (SSSR count). The highest BCUT2D eigenvalue weighted by atomic mass is 16.4. The molecule has 1 aliphatic rings. The fourth-order valence-corrected chi connectivity index (χ4v) is 2.40. The number of aliphatic carboxylic acids is 1. The molecule has 6 nitrogen and oxygen atoms in total. The highest BCUT2D eigenvalue weighted by Gasteiger charge is 2.30. The number of benzene rings is 1. The fourth-order valence-electron chi connectivity index (χ4n) is 2.40. The number of rotatable bonds is 5. The Morgan fingerprint density at radius 3 is 2.86 bits per heavy atom. The molecule has 0 aromatic heterocycles. The summed E-state index contributed by atoms with van der Waals surface area (Å²) in [6.07, 6.45) is 0.472. The van der Waals surface area contributed by atoms with E-state index in [1.165, 1.54) is 0 Å². The number of para-hydroxylation sites is 1. The van der Waals surface area contributed by atoms with Gasteiger partial charge in [0.05, 0.1) is 5.92 Å². The molecule has 21 heavy (non-hydrogen) atoms. The van der Waals surface area contributed by atoms with Gasteiger partial charge in [-0.2, -0.15) is 0 Å². The number of carbonyl (C=O) groups excluding carboxylic acids is 2. The molecular formula is C15H18N2O4. The van der Waals surface area contributed by atoms with E-state index in [-0.39, 0.29) is 30.7 Å². The summed E-state index contributed by atoms with van der Waals surface area (Å²) in [5, 5.41) is 14.2. The van der Waals surface area contributed by atoms with Crippen LogP contribution >= 0.6 is 0 Å². The first-order valence-corrected chi connectivity index (χ1v) is 6.88. The standard InChI is InChI=1S/C15H18N2O4/c1-9(6-7-14(19)20)16-15(21)11-8-13(18)17-12-5-3-2-4-10(11)12/h2-5,9,11H,6-8H2,1H3,(H,16,21)(H,17,18)(H,19,20). The predicted molar refractivity (Wildman–Crippen MR) is 76.9 cm³/mol. The monoisotopic (exact) mass is 290 g/mol. The third kappa shape index (κ3) is 3.81. The zero-order valence-corrected chi connectivity index (χ0v) is 11.8. The van der Waals surface area contributed by atoms with E-state index < -0.39 is 11.9 Å². The molecule has 112 valence electrons. The summed E-state index contributed by atoms with van der Waals surface area (Å²) in [5.41, 5.74) is 1.45. The molecular weight excluding hydrogens is 272 g/mol. The summed E-state index contributed by atoms with van der Waals surface area (Å²) in [4.78, 5) is 34.5. The van der Waals surface area contributed by atoms with Crippen LogP contribution in [0.25, 0.3) is 0 Å². The van der Waals surface area contributed by atoms with Crippen LogP contribution in [0.5, 0.6) is 0 Å². The van der Waals surface area contributed by atoms with E-state index in [1.54, 1.807) is 19.1 Å². The van der Waals surface area contributed by atoms with Gasteiger partial charge in [-0.05, 0) is 25.0 Å². The number of carboxylic acids is 1. The molecule has 0 fully saturated rings. The molecule has 1 aromatic carbocycles. The number of carbonyl (C=O) groups is 3. The summed E-state index contributed by atoms with van der Waals surface area (Å²) in [6.45, 7) is 1.76. The lowest BCUT2D eigenvalue weighted by atomic mass is 9.89. The molecule has 1 aromatic rings. The van der Waals surface area contributed by atoms with E-state index in [9.17, 15) is 14.4 Å². The molecule has 2 atom stereocenters. The maximum atomic E-state index is 12.3. The van der Waals surface area contributed by atoms with Crippen molar-refractivity contribution in [1.82, 2.24) is 5.32 Å². The average Bonchev–Trinajstić information content (AvgIpc) is 2.44. The molecule has 0 saturated heterocycles. The Labute approximate surface area is 122 Å². The summed E-state index contributed by atoms with van der Waals surface area (Å²) in [5.74, 6) is -1.84. The number of fused-ring (bicyclic) bond motifs is 1. The molecule has 2 unspecified atom stereocenters. The van der Waals surface area contributed by atoms with Crippen molar-refractivity contribution in [2.75, 3.05) is 5.32 Å².